The van der Waals surface area contributed by atoms with E-state index in [1.807, 2.05) is 82.8 Å². The molecule has 0 spiro atoms. The van der Waals surface area contributed by atoms with Gasteiger partial charge in [0.05, 0.1) is 29.3 Å². The maximum Gasteiger partial charge on any atom is 0.314 e. The SMILES string of the molecule is CN[C@@H](C)C(=O)NC(C(=O)N1CCC[C@H]1c1nc(-c2ccc(OCCN(C)C(=O)CCNc3nc(N4CCN(C(N)=O)CC4)c4cc(Cl)c(-c5cc(O)cc6ccccc56)c(F)c4n3)c3ccccc23)cs1)C1CCCCC1. The number of thiazole rings is 1. The second-order valence-electron chi connectivity index (χ2n) is 20.5. The monoisotopic (exact) mass is 1100 g/mol. The molecule has 78 heavy (non-hydrogen) atoms. The number of hydrogen-bond donors (Lipinski definition) is 5. The Balaban J connectivity index is 0.801. The van der Waals surface area contributed by atoms with Crippen molar-refractivity contribution in [3.05, 3.63) is 100 Å². The molecule has 5 aromatic carbocycles. The van der Waals surface area contributed by atoms with Crippen molar-refractivity contribution in [3.8, 4) is 33.9 Å². The Morgan fingerprint density at radius 1 is 0.885 bits per heavy atom. The largest absolute Gasteiger partial charge is 0.508 e. The Hall–Kier alpha value is -7.35. The molecule has 3 fully saturated rings. The minimum atomic E-state index is -0.700. The lowest BCUT2D eigenvalue weighted by molar-refractivity contribution is -0.139. The molecule has 2 aliphatic heterocycles. The third-order valence-electron chi connectivity index (χ3n) is 15.6. The van der Waals surface area contributed by atoms with Crippen LogP contribution in [0.2, 0.25) is 5.02 Å². The lowest BCUT2D eigenvalue weighted by atomic mass is 9.83. The number of hydrogen-bond acceptors (Lipinski definition) is 13. The highest BCUT2D eigenvalue weighted by molar-refractivity contribution is 7.10. The van der Waals surface area contributed by atoms with Crippen LogP contribution in [-0.4, -0.2) is 137 Å². The Morgan fingerprint density at radius 2 is 1.63 bits per heavy atom. The number of amides is 5. The molecule has 3 atom stereocenters. The van der Waals surface area contributed by atoms with Crippen molar-refractivity contribution in [3.63, 3.8) is 0 Å². The van der Waals surface area contributed by atoms with E-state index in [1.54, 1.807) is 42.5 Å². The molecule has 2 saturated heterocycles. The average molecular weight is 1100 g/mol. The van der Waals surface area contributed by atoms with Crippen molar-refractivity contribution in [1.82, 2.24) is 40.3 Å². The molecule has 4 heterocycles. The second kappa shape index (κ2) is 23.7. The van der Waals surface area contributed by atoms with Gasteiger partial charge in [0.15, 0.2) is 5.82 Å². The van der Waals surface area contributed by atoms with E-state index in [9.17, 15) is 24.3 Å². The van der Waals surface area contributed by atoms with Gasteiger partial charge in [-0.05, 0) is 97.6 Å². The van der Waals surface area contributed by atoms with Crippen molar-refractivity contribution < 1.29 is 33.4 Å². The first-order chi connectivity index (χ1) is 37.8. The van der Waals surface area contributed by atoms with E-state index >= 15 is 4.39 Å². The molecule has 6 N–H and O–H groups in total. The van der Waals surface area contributed by atoms with Crippen molar-refractivity contribution in [2.45, 2.75) is 76.4 Å². The number of likely N-dealkylation sites (tertiary alicyclic amines) is 1. The first-order valence-corrected chi connectivity index (χ1v) is 28.1. The fourth-order valence-corrected chi connectivity index (χ4v) is 12.4. The molecular formula is C58H65ClFN11O6S. The first kappa shape index (κ1) is 54.0. The number of rotatable bonds is 17. The van der Waals surface area contributed by atoms with E-state index in [4.69, 9.17) is 32.0 Å². The summed E-state index contributed by atoms with van der Waals surface area (Å²) in [5.41, 5.74) is 7.80. The summed E-state index contributed by atoms with van der Waals surface area (Å²) < 4.78 is 23.4. The zero-order chi connectivity index (χ0) is 54.6. The second-order valence-corrected chi connectivity index (χ2v) is 21.8. The number of likely N-dealkylation sites (N-methyl/N-ethyl adjacent to an activating group) is 2. The number of aromatic hydroxyl groups is 1. The van der Waals surface area contributed by atoms with Gasteiger partial charge in [-0.2, -0.15) is 4.98 Å². The lowest BCUT2D eigenvalue weighted by Crippen LogP contribution is -2.55. The first-order valence-electron chi connectivity index (χ1n) is 26.9. The number of benzene rings is 5. The summed E-state index contributed by atoms with van der Waals surface area (Å²) in [4.78, 5) is 74.7. The summed E-state index contributed by atoms with van der Waals surface area (Å²) in [5, 5.41) is 26.6. The van der Waals surface area contributed by atoms with Crippen LogP contribution in [0.4, 0.5) is 21.0 Å². The number of phenolic OH excluding ortho intramolecular Hbond substituents is 1. The van der Waals surface area contributed by atoms with Gasteiger partial charge in [0.2, 0.25) is 23.7 Å². The predicted octanol–water partition coefficient (Wildman–Crippen LogP) is 9.10. The molecule has 0 bridgehead atoms. The highest BCUT2D eigenvalue weighted by Gasteiger charge is 2.40. The molecule has 20 heteroatoms. The minimum Gasteiger partial charge on any atom is -0.508 e. The van der Waals surface area contributed by atoms with Crippen molar-refractivity contribution in [2.24, 2.45) is 11.7 Å². The smallest absolute Gasteiger partial charge is 0.314 e. The van der Waals surface area contributed by atoms with E-state index in [0.29, 0.717) is 72.6 Å². The van der Waals surface area contributed by atoms with Crippen LogP contribution in [-0.2, 0) is 14.4 Å². The van der Waals surface area contributed by atoms with Crippen LogP contribution in [0.15, 0.2) is 84.2 Å². The van der Waals surface area contributed by atoms with Gasteiger partial charge in [0.25, 0.3) is 0 Å². The van der Waals surface area contributed by atoms with Gasteiger partial charge in [-0.15, -0.1) is 11.3 Å². The molecule has 3 aliphatic rings. The zero-order valence-electron chi connectivity index (χ0n) is 44.1. The van der Waals surface area contributed by atoms with Crippen molar-refractivity contribution in [2.75, 3.05) is 76.7 Å². The highest BCUT2D eigenvalue weighted by Crippen LogP contribution is 2.44. The summed E-state index contributed by atoms with van der Waals surface area (Å²) in [7, 11) is 3.46. The molecule has 1 unspecified atom stereocenters. The quantitative estimate of drug-likeness (QED) is 0.0578. The van der Waals surface area contributed by atoms with Crippen molar-refractivity contribution in [1.29, 1.82) is 0 Å². The predicted molar refractivity (Wildman–Crippen MR) is 304 cm³/mol. The number of piperazine rings is 1. The molecule has 17 nitrogen and oxygen atoms in total. The van der Waals surface area contributed by atoms with Crippen LogP contribution < -0.4 is 31.3 Å². The molecule has 1 aliphatic carbocycles. The molecule has 10 rings (SSSR count). The van der Waals surface area contributed by atoms with E-state index in [2.05, 4.69) is 20.9 Å². The van der Waals surface area contributed by atoms with Gasteiger partial charge in [0.1, 0.15) is 40.5 Å². The van der Waals surface area contributed by atoms with Crippen LogP contribution in [0.1, 0.15) is 69.3 Å². The van der Waals surface area contributed by atoms with Gasteiger partial charge in [-0.3, -0.25) is 14.4 Å². The van der Waals surface area contributed by atoms with Gasteiger partial charge in [-0.25, -0.2) is 19.2 Å². The number of phenols is 1. The standard InChI is InChI=1S/C58H65ClFN11O6S/c1-34(62-2)54(74)65-51(35-12-5-4-6-13-35)56(75)71-23-11-18-46(71)55-64-45(33-78-55)40-19-20-47(41-17-10-9-16-39(40)41)77-29-28-68(3)48(73)21-22-63-58-66-52-43(53(67-58)69-24-26-70(27-25-69)57(61)76)32-44(59)49(50(52)60)42-31-37(72)30-36-14-7-8-15-38(36)42/h7-10,14-17,19-20,30-35,46,51,62,72H,4-6,11-13,18,21-29H2,1-3H3,(H2,61,76)(H,65,74)(H,63,66,67)/t34-,46-,51?/m0/s1. The van der Waals surface area contributed by atoms with Crippen molar-refractivity contribution >= 4 is 90.9 Å². The summed E-state index contributed by atoms with van der Waals surface area (Å²) in [6.45, 7) is 4.50. The van der Waals surface area contributed by atoms with Gasteiger partial charge in [0, 0.05) is 80.0 Å². The van der Waals surface area contributed by atoms with Gasteiger partial charge < -0.3 is 51.1 Å². The Morgan fingerprint density at radius 3 is 2.38 bits per heavy atom. The van der Waals surface area contributed by atoms with Crippen LogP contribution in [0.3, 0.4) is 0 Å². The van der Waals surface area contributed by atoms with Crippen LogP contribution in [0.25, 0.3) is 54.8 Å². The highest BCUT2D eigenvalue weighted by atomic mass is 35.5. The Labute approximate surface area is 461 Å². The lowest BCUT2D eigenvalue weighted by Gasteiger charge is -2.35. The van der Waals surface area contributed by atoms with E-state index in [1.165, 1.54) is 11.0 Å². The number of nitrogens with two attached hydrogens (primary N) is 1. The number of carbonyl (C=O) groups is 4. The molecule has 408 valence electrons. The summed E-state index contributed by atoms with van der Waals surface area (Å²) in [5.74, 6) is 0.183. The molecule has 7 aromatic rings. The minimum absolute atomic E-state index is 0.00449. The molecule has 1 saturated carbocycles. The molecule has 0 radical (unpaired) electrons. The van der Waals surface area contributed by atoms with Gasteiger partial charge in [-0.1, -0.05) is 79.4 Å². The summed E-state index contributed by atoms with van der Waals surface area (Å²) >= 11 is 8.46. The summed E-state index contributed by atoms with van der Waals surface area (Å²) in [6.07, 6.45) is 6.84. The van der Waals surface area contributed by atoms with Gasteiger partial charge >= 0.3 is 6.03 Å². The molecule has 5 amide bonds. The number of nitrogens with zero attached hydrogens (tertiary/aromatic N) is 7. The van der Waals surface area contributed by atoms with Crippen LogP contribution >= 0.6 is 22.9 Å². The van der Waals surface area contributed by atoms with E-state index in [0.717, 1.165) is 72.0 Å². The average Bonchev–Trinajstić information content (AvgIpc) is 4.24. The maximum absolute atomic E-state index is 17.1. The fourth-order valence-electron chi connectivity index (χ4n) is 11.2. The van der Waals surface area contributed by atoms with Crippen LogP contribution in [0, 0.1) is 11.7 Å². The number of urea groups is 1. The maximum atomic E-state index is 17.1. The summed E-state index contributed by atoms with van der Waals surface area (Å²) in [6, 6.07) is 22.3. The molecular weight excluding hydrogens is 1030 g/mol. The topological polar surface area (TPSA) is 211 Å². The number of primary amides is 1. The van der Waals surface area contributed by atoms with E-state index < -0.39 is 23.9 Å². The number of nitrogens with one attached hydrogen (secondary N) is 3. The number of carbonyl (C=O) groups excluding carboxylic acids is 4. The third-order valence-corrected chi connectivity index (χ3v) is 16.9. The molecule has 2 aromatic heterocycles. The van der Waals surface area contributed by atoms with Crippen LogP contribution in [0.5, 0.6) is 11.5 Å². The van der Waals surface area contributed by atoms with E-state index in [-0.39, 0.29) is 77.1 Å². The number of fused-ring (bicyclic) bond motifs is 3. The number of halogens is 2. The number of anilines is 2. The fraction of sp³-hybridized carbons (Fsp3) is 0.397. The third kappa shape index (κ3) is 11.3. The number of ether oxygens (including phenoxy) is 1. The Bertz CT molecular complexity index is 3390. The zero-order valence-corrected chi connectivity index (χ0v) is 45.6. The number of aromatic nitrogens is 3. The normalized spacial score (nSPS) is 16.9. The Kier molecular flexibility index (Phi) is 16.4.